The number of aliphatic carboxylic acids is 2. The quantitative estimate of drug-likeness (QED) is 0.840. The van der Waals surface area contributed by atoms with Gasteiger partial charge in [0.05, 0.1) is 10.6 Å². The Kier molecular flexibility index (Phi) is 4.24. The highest BCUT2D eigenvalue weighted by molar-refractivity contribution is 7.95. The Balaban J connectivity index is 2.56. The van der Waals surface area contributed by atoms with Crippen LogP contribution >= 0.6 is 6.89 Å². The lowest BCUT2D eigenvalue weighted by molar-refractivity contribution is -0.132. The van der Waals surface area contributed by atoms with Gasteiger partial charge in [-0.05, 0) is 29.6 Å². The zero-order chi connectivity index (χ0) is 17.2. The van der Waals surface area contributed by atoms with E-state index in [0.717, 1.165) is 0 Å². The Labute approximate surface area is 139 Å². The van der Waals surface area contributed by atoms with Crippen molar-refractivity contribution in [2.24, 2.45) is 0 Å². The van der Waals surface area contributed by atoms with Gasteiger partial charge in [-0.25, -0.2) is 9.59 Å². The van der Waals surface area contributed by atoms with Gasteiger partial charge in [-0.1, -0.05) is 66.7 Å². The van der Waals surface area contributed by atoms with E-state index < -0.39 is 18.8 Å². The zero-order valence-electron chi connectivity index (χ0n) is 12.7. The van der Waals surface area contributed by atoms with Crippen LogP contribution in [0.4, 0.5) is 0 Å². The van der Waals surface area contributed by atoms with Crippen molar-refractivity contribution in [3.05, 3.63) is 84.2 Å². The van der Waals surface area contributed by atoms with Crippen LogP contribution in [0.25, 0.3) is 0 Å². The topological polar surface area (TPSA) is 74.6 Å². The lowest BCUT2D eigenvalue weighted by Gasteiger charge is -2.31. The Bertz CT molecular complexity index is 865. The molecule has 0 saturated heterocycles. The molecule has 0 atom stereocenters. The van der Waals surface area contributed by atoms with E-state index in [9.17, 15) is 19.8 Å². The molecule has 120 valence electrons. The molecule has 0 fully saturated rings. The molecule has 0 unspecified atom stereocenters. The van der Waals surface area contributed by atoms with Gasteiger partial charge in [0.1, 0.15) is 0 Å². The highest BCUT2D eigenvalue weighted by atomic mass is 31.2. The van der Waals surface area contributed by atoms with Crippen LogP contribution in [0.3, 0.4) is 0 Å². The summed E-state index contributed by atoms with van der Waals surface area (Å²) in [6.45, 7) is -2.94. The SMILES string of the molecule is O=C(O)C1=CC=CC(C(=O)O)=P1(c1ccccc1)c1ccccc1. The zero-order valence-corrected chi connectivity index (χ0v) is 13.6. The first-order valence-corrected chi connectivity index (χ1v) is 9.10. The van der Waals surface area contributed by atoms with Crippen LogP contribution in [0.15, 0.2) is 84.2 Å². The predicted octanol–water partition coefficient (Wildman–Crippen LogP) is 2.45. The van der Waals surface area contributed by atoms with Crippen LogP contribution in [0.5, 0.6) is 0 Å². The first-order chi connectivity index (χ1) is 11.6. The summed E-state index contributed by atoms with van der Waals surface area (Å²) in [6.07, 6.45) is 4.53. The maximum atomic E-state index is 12.0. The highest BCUT2D eigenvalue weighted by Gasteiger charge is 2.37. The molecule has 0 aliphatic carbocycles. The highest BCUT2D eigenvalue weighted by Crippen LogP contribution is 2.56. The Hall–Kier alpha value is -2.84. The fraction of sp³-hybridized carbons (Fsp3) is 0. The van der Waals surface area contributed by atoms with Gasteiger partial charge in [0.2, 0.25) is 0 Å². The van der Waals surface area contributed by atoms with Crippen molar-refractivity contribution in [3.8, 4) is 0 Å². The van der Waals surface area contributed by atoms with E-state index in [2.05, 4.69) is 0 Å². The molecule has 0 aromatic heterocycles. The smallest absolute Gasteiger partial charge is 0.336 e. The Morgan fingerprint density at radius 1 is 0.750 bits per heavy atom. The van der Waals surface area contributed by atoms with Crippen LogP contribution in [0.1, 0.15) is 0 Å². The van der Waals surface area contributed by atoms with Gasteiger partial charge in [-0.15, -0.1) is 0 Å². The molecule has 24 heavy (non-hydrogen) atoms. The number of hydrogen-bond acceptors (Lipinski definition) is 2. The van der Waals surface area contributed by atoms with Gasteiger partial charge in [0.15, 0.2) is 0 Å². The maximum absolute atomic E-state index is 12.0. The van der Waals surface area contributed by atoms with E-state index in [-0.39, 0.29) is 10.6 Å². The van der Waals surface area contributed by atoms with Crippen molar-refractivity contribution in [1.29, 1.82) is 0 Å². The second kappa shape index (κ2) is 6.34. The van der Waals surface area contributed by atoms with Crippen molar-refractivity contribution >= 4 is 34.7 Å². The minimum Gasteiger partial charge on any atom is -0.478 e. The summed E-state index contributed by atoms with van der Waals surface area (Å²) >= 11 is 0. The summed E-state index contributed by atoms with van der Waals surface area (Å²) in [7, 11) is 0. The first kappa shape index (κ1) is 16.0. The van der Waals surface area contributed by atoms with Crippen LogP contribution in [-0.2, 0) is 9.59 Å². The van der Waals surface area contributed by atoms with Gasteiger partial charge < -0.3 is 10.2 Å². The lowest BCUT2D eigenvalue weighted by Crippen LogP contribution is -2.30. The molecule has 0 spiro atoms. The van der Waals surface area contributed by atoms with Crippen LogP contribution in [0.2, 0.25) is 0 Å². The summed E-state index contributed by atoms with van der Waals surface area (Å²) in [5.41, 5.74) is 0. The van der Waals surface area contributed by atoms with Gasteiger partial charge in [0, 0.05) is 0 Å². The largest absolute Gasteiger partial charge is 0.478 e. The summed E-state index contributed by atoms with van der Waals surface area (Å²) in [5.74, 6) is -2.20. The number of allylic oxidation sites excluding steroid dienone is 2. The summed E-state index contributed by atoms with van der Waals surface area (Å²) in [5, 5.41) is 21.3. The molecular weight excluding hydrogens is 323 g/mol. The number of carboxylic acid groups (broad SMARTS) is 2. The van der Waals surface area contributed by atoms with Crippen LogP contribution < -0.4 is 10.6 Å². The third kappa shape index (κ3) is 2.41. The van der Waals surface area contributed by atoms with Crippen LogP contribution in [-0.4, -0.2) is 27.4 Å². The number of rotatable bonds is 4. The number of benzene rings is 2. The molecule has 2 aromatic rings. The van der Waals surface area contributed by atoms with E-state index in [0.29, 0.717) is 10.6 Å². The van der Waals surface area contributed by atoms with Crippen molar-refractivity contribution in [2.45, 2.75) is 0 Å². The molecule has 2 aromatic carbocycles. The van der Waals surface area contributed by atoms with E-state index in [1.54, 1.807) is 48.5 Å². The Morgan fingerprint density at radius 3 is 1.67 bits per heavy atom. The van der Waals surface area contributed by atoms with Crippen molar-refractivity contribution < 1.29 is 19.8 Å². The van der Waals surface area contributed by atoms with E-state index in [1.807, 2.05) is 12.1 Å². The molecule has 2 N–H and O–H groups in total. The molecule has 4 nitrogen and oxygen atoms in total. The fourth-order valence-electron chi connectivity index (χ4n) is 3.02. The van der Waals surface area contributed by atoms with Crippen molar-refractivity contribution in [2.75, 3.05) is 0 Å². The third-order valence-electron chi connectivity index (χ3n) is 3.96. The van der Waals surface area contributed by atoms with E-state index >= 15 is 0 Å². The minimum atomic E-state index is -2.94. The number of hydrogen-bond donors (Lipinski definition) is 2. The second-order valence-corrected chi connectivity index (χ2v) is 8.59. The molecule has 1 aliphatic heterocycles. The lowest BCUT2D eigenvalue weighted by atomic mass is 10.3. The normalized spacial score (nSPS) is 15.7. The van der Waals surface area contributed by atoms with Gasteiger partial charge in [-0.3, -0.25) is 0 Å². The number of carbonyl (C=O) groups is 2. The molecule has 1 heterocycles. The summed E-state index contributed by atoms with van der Waals surface area (Å²) in [6, 6.07) is 18.1. The molecule has 0 radical (unpaired) electrons. The average molecular weight is 338 g/mol. The molecule has 3 rings (SSSR count). The van der Waals surface area contributed by atoms with Gasteiger partial charge in [-0.2, -0.15) is 0 Å². The minimum absolute atomic E-state index is 0.125. The monoisotopic (exact) mass is 338 g/mol. The molecule has 0 amide bonds. The molecule has 1 aliphatic rings. The van der Waals surface area contributed by atoms with Gasteiger partial charge >= 0.3 is 11.9 Å². The molecule has 0 saturated carbocycles. The van der Waals surface area contributed by atoms with Crippen molar-refractivity contribution in [3.63, 3.8) is 0 Å². The first-order valence-electron chi connectivity index (χ1n) is 7.32. The van der Waals surface area contributed by atoms with E-state index in [4.69, 9.17) is 0 Å². The standard InChI is InChI=1S/C19H15O4P/c20-18(21)16-12-7-13-17(19(22)23)24(16,14-8-3-1-4-9-14)15-10-5-2-6-11-15/h1-13H,(H,20,21)(H,22,23). The second-order valence-electron chi connectivity index (χ2n) is 5.25. The fourth-order valence-corrected chi connectivity index (χ4v) is 7.12. The predicted molar refractivity (Wildman–Crippen MR) is 96.6 cm³/mol. The average Bonchev–Trinajstić information content (AvgIpc) is 2.62. The molecule has 0 bridgehead atoms. The molecular formula is C19H15O4P. The third-order valence-corrected chi connectivity index (χ3v) is 8.23. The maximum Gasteiger partial charge on any atom is 0.336 e. The summed E-state index contributed by atoms with van der Waals surface area (Å²) < 4.78 is 0. The van der Waals surface area contributed by atoms with E-state index in [1.165, 1.54) is 18.2 Å². The van der Waals surface area contributed by atoms with Crippen LogP contribution in [0, 0.1) is 0 Å². The van der Waals surface area contributed by atoms with Gasteiger partial charge in [0.25, 0.3) is 0 Å². The van der Waals surface area contributed by atoms with Crippen molar-refractivity contribution in [1.82, 2.24) is 0 Å². The Morgan fingerprint density at radius 2 is 1.25 bits per heavy atom. The number of carboxylic acids is 2. The molecule has 5 heteroatoms. The summed E-state index contributed by atoms with van der Waals surface area (Å²) in [4.78, 5) is 24.0.